The van der Waals surface area contributed by atoms with Gasteiger partial charge in [0.05, 0.1) is 15.4 Å². The molecular formula is C15H15BrF3NS. The predicted molar refractivity (Wildman–Crippen MR) is 83.6 cm³/mol. The van der Waals surface area contributed by atoms with Gasteiger partial charge in [-0.1, -0.05) is 19.1 Å². The van der Waals surface area contributed by atoms with Crippen molar-refractivity contribution >= 4 is 27.3 Å². The number of nitrogens with one attached hydrogen (secondary N) is 1. The summed E-state index contributed by atoms with van der Waals surface area (Å²) in [7, 11) is 0. The predicted octanol–water partition coefficient (Wildman–Crippen LogP) is 5.62. The molecule has 1 heterocycles. The van der Waals surface area contributed by atoms with E-state index < -0.39 is 11.7 Å². The van der Waals surface area contributed by atoms with Crippen molar-refractivity contribution in [3.63, 3.8) is 0 Å². The second-order valence-electron chi connectivity index (χ2n) is 4.65. The minimum atomic E-state index is -4.32. The molecule has 2 rings (SSSR count). The molecule has 0 radical (unpaired) electrons. The first-order valence-electron chi connectivity index (χ1n) is 6.57. The van der Waals surface area contributed by atoms with Gasteiger partial charge in [0.25, 0.3) is 0 Å². The minimum Gasteiger partial charge on any atom is -0.306 e. The maximum atomic E-state index is 12.9. The zero-order valence-corrected chi connectivity index (χ0v) is 13.8. The number of halogens is 4. The Kier molecular flexibility index (Phi) is 5.46. The molecule has 0 aliphatic heterocycles. The summed E-state index contributed by atoms with van der Waals surface area (Å²) in [5, 5.41) is 3.32. The Bertz CT molecular complexity index is 595. The van der Waals surface area contributed by atoms with Crippen LogP contribution in [0.25, 0.3) is 0 Å². The molecule has 1 aromatic heterocycles. The summed E-state index contributed by atoms with van der Waals surface area (Å²) in [6.45, 7) is 2.77. The monoisotopic (exact) mass is 377 g/mol. The van der Waals surface area contributed by atoms with E-state index in [0.29, 0.717) is 5.56 Å². The molecule has 0 saturated heterocycles. The Morgan fingerprint density at radius 1 is 1.24 bits per heavy atom. The number of hydrogen-bond donors (Lipinski definition) is 1. The number of hydrogen-bond acceptors (Lipinski definition) is 2. The van der Waals surface area contributed by atoms with E-state index in [9.17, 15) is 13.2 Å². The van der Waals surface area contributed by atoms with E-state index in [1.54, 1.807) is 6.07 Å². The second-order valence-corrected chi connectivity index (χ2v) is 7.15. The van der Waals surface area contributed by atoms with E-state index in [-0.39, 0.29) is 6.04 Å². The van der Waals surface area contributed by atoms with Crippen molar-refractivity contribution in [2.24, 2.45) is 0 Å². The number of thiophene rings is 1. The molecule has 1 nitrogen and oxygen atoms in total. The van der Waals surface area contributed by atoms with Crippen LogP contribution in [-0.2, 0) is 6.18 Å². The average Bonchev–Trinajstić information content (AvgIpc) is 2.85. The van der Waals surface area contributed by atoms with Gasteiger partial charge in [-0.15, -0.1) is 11.3 Å². The highest BCUT2D eigenvalue weighted by Crippen LogP contribution is 2.35. The van der Waals surface area contributed by atoms with E-state index in [4.69, 9.17) is 0 Å². The zero-order chi connectivity index (χ0) is 15.5. The molecule has 6 heteroatoms. The maximum Gasteiger partial charge on any atom is 0.416 e. The summed E-state index contributed by atoms with van der Waals surface area (Å²) < 4.78 is 39.6. The van der Waals surface area contributed by atoms with Crippen molar-refractivity contribution in [1.82, 2.24) is 5.32 Å². The number of rotatable bonds is 5. The van der Waals surface area contributed by atoms with Crippen LogP contribution in [0, 0.1) is 0 Å². The molecule has 0 saturated carbocycles. The molecule has 0 aliphatic carbocycles. The first-order valence-corrected chi connectivity index (χ1v) is 8.18. The lowest BCUT2D eigenvalue weighted by atomic mass is 10.0. The Morgan fingerprint density at radius 2 is 2.00 bits per heavy atom. The van der Waals surface area contributed by atoms with Gasteiger partial charge in [0.15, 0.2) is 0 Å². The minimum absolute atomic E-state index is 0.219. The van der Waals surface area contributed by atoms with Crippen LogP contribution in [-0.4, -0.2) is 6.54 Å². The van der Waals surface area contributed by atoms with Gasteiger partial charge in [-0.3, -0.25) is 0 Å². The molecule has 0 amide bonds. The fourth-order valence-corrected chi connectivity index (χ4v) is 3.58. The summed E-state index contributed by atoms with van der Waals surface area (Å²) in [5.41, 5.74) is 0.0199. The van der Waals surface area contributed by atoms with Crippen LogP contribution < -0.4 is 5.32 Å². The lowest BCUT2D eigenvalue weighted by molar-refractivity contribution is -0.137. The van der Waals surface area contributed by atoms with Gasteiger partial charge < -0.3 is 5.32 Å². The third-order valence-electron chi connectivity index (χ3n) is 3.02. The molecule has 2 aromatic rings. The van der Waals surface area contributed by atoms with E-state index in [1.165, 1.54) is 23.5 Å². The third kappa shape index (κ3) is 4.31. The molecule has 1 aromatic carbocycles. The van der Waals surface area contributed by atoms with Gasteiger partial charge >= 0.3 is 6.18 Å². The molecule has 114 valence electrons. The number of benzene rings is 1. The Hall–Kier alpha value is -0.850. The van der Waals surface area contributed by atoms with Crippen molar-refractivity contribution in [3.05, 3.63) is 56.2 Å². The summed E-state index contributed by atoms with van der Waals surface area (Å²) in [6.07, 6.45) is -3.40. The van der Waals surface area contributed by atoms with Crippen molar-refractivity contribution in [2.75, 3.05) is 6.54 Å². The Balaban J connectivity index is 2.37. The van der Waals surface area contributed by atoms with E-state index in [1.807, 2.05) is 19.1 Å². The molecule has 1 unspecified atom stereocenters. The normalized spacial score (nSPS) is 13.4. The maximum absolute atomic E-state index is 12.9. The number of alkyl halides is 3. The largest absolute Gasteiger partial charge is 0.416 e. The molecule has 1 atom stereocenters. The highest BCUT2D eigenvalue weighted by Gasteiger charge is 2.31. The molecule has 1 N–H and O–H groups in total. The van der Waals surface area contributed by atoms with Crippen LogP contribution in [0.3, 0.4) is 0 Å². The lowest BCUT2D eigenvalue weighted by Gasteiger charge is -2.19. The molecule has 21 heavy (non-hydrogen) atoms. The van der Waals surface area contributed by atoms with Crippen molar-refractivity contribution < 1.29 is 13.2 Å². The van der Waals surface area contributed by atoms with Crippen molar-refractivity contribution in [3.8, 4) is 0 Å². The summed E-state index contributed by atoms with van der Waals surface area (Å²) in [4.78, 5) is 0.995. The van der Waals surface area contributed by atoms with Crippen LogP contribution >= 0.6 is 27.3 Å². The van der Waals surface area contributed by atoms with Crippen LogP contribution in [0.5, 0.6) is 0 Å². The van der Waals surface area contributed by atoms with E-state index in [0.717, 1.165) is 27.7 Å². The van der Waals surface area contributed by atoms with Gasteiger partial charge in [-0.2, -0.15) is 13.2 Å². The molecular weight excluding hydrogens is 363 g/mol. The quantitative estimate of drug-likeness (QED) is 0.712. The molecule has 0 spiro atoms. The standard InChI is InChI=1S/C15H15BrF3NS/c1-2-8-20-14(12-6-7-13(16)21-12)10-4-3-5-11(9-10)15(17,18)19/h3-7,9,14,20H,2,8H2,1H3. The fraction of sp³-hybridized carbons (Fsp3) is 0.333. The highest BCUT2D eigenvalue weighted by molar-refractivity contribution is 9.11. The fourth-order valence-electron chi connectivity index (χ4n) is 2.05. The van der Waals surface area contributed by atoms with E-state index >= 15 is 0 Å². The first-order chi connectivity index (χ1) is 9.91. The first kappa shape index (κ1) is 16.5. The smallest absolute Gasteiger partial charge is 0.306 e. The lowest BCUT2D eigenvalue weighted by Crippen LogP contribution is -2.22. The third-order valence-corrected chi connectivity index (χ3v) is 4.71. The Labute approximate surface area is 134 Å². The second kappa shape index (κ2) is 6.94. The average molecular weight is 378 g/mol. The van der Waals surface area contributed by atoms with Crippen molar-refractivity contribution in [2.45, 2.75) is 25.6 Å². The van der Waals surface area contributed by atoms with E-state index in [2.05, 4.69) is 21.2 Å². The topological polar surface area (TPSA) is 12.0 Å². The van der Waals surface area contributed by atoms with Gasteiger partial charge in [0, 0.05) is 4.88 Å². The van der Waals surface area contributed by atoms with Crippen LogP contribution in [0.1, 0.15) is 35.4 Å². The van der Waals surface area contributed by atoms with Crippen LogP contribution in [0.2, 0.25) is 0 Å². The van der Waals surface area contributed by atoms with Gasteiger partial charge in [-0.05, 0) is 58.7 Å². The SMILES string of the molecule is CCCNC(c1cccc(C(F)(F)F)c1)c1ccc(Br)s1. The Morgan fingerprint density at radius 3 is 2.57 bits per heavy atom. The highest BCUT2D eigenvalue weighted by atomic mass is 79.9. The van der Waals surface area contributed by atoms with Gasteiger partial charge in [0.2, 0.25) is 0 Å². The van der Waals surface area contributed by atoms with Crippen LogP contribution in [0.4, 0.5) is 13.2 Å². The molecule has 0 fully saturated rings. The zero-order valence-electron chi connectivity index (χ0n) is 11.4. The van der Waals surface area contributed by atoms with Gasteiger partial charge in [0.1, 0.15) is 0 Å². The summed E-state index contributed by atoms with van der Waals surface area (Å²) >= 11 is 4.93. The molecule has 0 bridgehead atoms. The van der Waals surface area contributed by atoms with Crippen molar-refractivity contribution in [1.29, 1.82) is 0 Å². The molecule has 0 aliphatic rings. The van der Waals surface area contributed by atoms with Crippen LogP contribution in [0.15, 0.2) is 40.2 Å². The summed E-state index contributed by atoms with van der Waals surface area (Å²) in [5.74, 6) is 0. The van der Waals surface area contributed by atoms with Gasteiger partial charge in [-0.25, -0.2) is 0 Å². The summed E-state index contributed by atoms with van der Waals surface area (Å²) in [6, 6.07) is 9.14.